The summed E-state index contributed by atoms with van der Waals surface area (Å²) in [7, 11) is 0. The SMILES string of the molecule is CC(O)C1CN(C(=O)NCCc2ccc(C3CCCCC3)cc2)CCO1. The van der Waals surface area contributed by atoms with Crippen molar-refractivity contribution < 1.29 is 14.6 Å². The molecular weight excluding hydrogens is 328 g/mol. The second-order valence-electron chi connectivity index (χ2n) is 7.65. The van der Waals surface area contributed by atoms with Gasteiger partial charge in [-0.25, -0.2) is 4.79 Å². The molecule has 1 heterocycles. The van der Waals surface area contributed by atoms with Crippen LogP contribution in [0.2, 0.25) is 0 Å². The van der Waals surface area contributed by atoms with E-state index in [1.54, 1.807) is 11.8 Å². The molecule has 3 rings (SSSR count). The maximum Gasteiger partial charge on any atom is 0.317 e. The highest BCUT2D eigenvalue weighted by Gasteiger charge is 2.26. The van der Waals surface area contributed by atoms with E-state index in [1.807, 2.05) is 0 Å². The molecule has 5 nitrogen and oxygen atoms in total. The van der Waals surface area contributed by atoms with Crippen LogP contribution in [0.3, 0.4) is 0 Å². The minimum Gasteiger partial charge on any atom is -0.391 e. The van der Waals surface area contributed by atoms with Gasteiger partial charge < -0.3 is 20.1 Å². The maximum atomic E-state index is 12.3. The third-order valence-corrected chi connectivity index (χ3v) is 5.66. The lowest BCUT2D eigenvalue weighted by molar-refractivity contribution is -0.0719. The van der Waals surface area contributed by atoms with Gasteiger partial charge in [0, 0.05) is 13.1 Å². The Morgan fingerprint density at radius 2 is 2.00 bits per heavy atom. The highest BCUT2D eigenvalue weighted by Crippen LogP contribution is 2.32. The smallest absolute Gasteiger partial charge is 0.317 e. The van der Waals surface area contributed by atoms with Crippen molar-refractivity contribution in [2.75, 3.05) is 26.2 Å². The molecule has 144 valence electrons. The van der Waals surface area contributed by atoms with Crippen molar-refractivity contribution in [3.05, 3.63) is 35.4 Å². The minimum absolute atomic E-state index is 0.0715. The summed E-state index contributed by atoms with van der Waals surface area (Å²) in [6.07, 6.45) is 6.72. The lowest BCUT2D eigenvalue weighted by Crippen LogP contribution is -2.52. The van der Waals surface area contributed by atoms with Gasteiger partial charge in [0.05, 0.1) is 19.3 Å². The number of hydrogen-bond acceptors (Lipinski definition) is 3. The van der Waals surface area contributed by atoms with Gasteiger partial charge in [0.1, 0.15) is 6.10 Å². The molecule has 1 aromatic carbocycles. The van der Waals surface area contributed by atoms with Crippen LogP contribution in [0, 0.1) is 0 Å². The monoisotopic (exact) mass is 360 g/mol. The van der Waals surface area contributed by atoms with Gasteiger partial charge in [0.15, 0.2) is 0 Å². The Morgan fingerprint density at radius 3 is 2.69 bits per heavy atom. The summed E-state index contributed by atoms with van der Waals surface area (Å²) < 4.78 is 5.48. The van der Waals surface area contributed by atoms with E-state index in [1.165, 1.54) is 43.2 Å². The number of carbonyl (C=O) groups is 1. The van der Waals surface area contributed by atoms with Gasteiger partial charge in [0.25, 0.3) is 0 Å². The molecule has 1 saturated heterocycles. The zero-order valence-electron chi connectivity index (χ0n) is 15.8. The van der Waals surface area contributed by atoms with Crippen molar-refractivity contribution >= 4 is 6.03 Å². The standard InChI is InChI=1S/C21H32N2O3/c1-16(24)20-15-23(13-14-26-20)21(25)22-12-11-17-7-9-19(10-8-17)18-5-3-2-4-6-18/h7-10,16,18,20,24H,2-6,11-15H2,1H3,(H,22,25). The fourth-order valence-electron chi connectivity index (χ4n) is 3.97. The summed E-state index contributed by atoms with van der Waals surface area (Å²) >= 11 is 0. The molecule has 1 aromatic rings. The van der Waals surface area contributed by atoms with E-state index in [-0.39, 0.29) is 12.1 Å². The van der Waals surface area contributed by atoms with Crippen molar-refractivity contribution in [2.45, 2.75) is 63.6 Å². The molecule has 0 bridgehead atoms. The number of hydrogen-bond donors (Lipinski definition) is 2. The Hall–Kier alpha value is -1.59. The molecule has 1 saturated carbocycles. The topological polar surface area (TPSA) is 61.8 Å². The van der Waals surface area contributed by atoms with Crippen LogP contribution in [0.1, 0.15) is 56.1 Å². The molecule has 2 unspecified atom stereocenters. The zero-order chi connectivity index (χ0) is 18.4. The molecule has 26 heavy (non-hydrogen) atoms. The minimum atomic E-state index is -0.562. The Kier molecular flexibility index (Phi) is 6.92. The molecule has 2 N–H and O–H groups in total. The number of amides is 2. The second-order valence-corrected chi connectivity index (χ2v) is 7.65. The van der Waals surface area contributed by atoms with Gasteiger partial charge in [-0.2, -0.15) is 0 Å². The molecule has 0 aromatic heterocycles. The fraction of sp³-hybridized carbons (Fsp3) is 0.667. The Balaban J connectivity index is 1.42. The van der Waals surface area contributed by atoms with Crippen molar-refractivity contribution in [1.82, 2.24) is 10.2 Å². The molecular formula is C21H32N2O3. The largest absolute Gasteiger partial charge is 0.391 e. The van der Waals surface area contributed by atoms with E-state index < -0.39 is 6.10 Å². The predicted molar refractivity (Wildman–Crippen MR) is 102 cm³/mol. The van der Waals surface area contributed by atoms with Crippen molar-refractivity contribution in [2.24, 2.45) is 0 Å². The fourth-order valence-corrected chi connectivity index (χ4v) is 3.97. The molecule has 5 heteroatoms. The number of rotatable bonds is 5. The van der Waals surface area contributed by atoms with Gasteiger partial charge in [-0.1, -0.05) is 43.5 Å². The van der Waals surface area contributed by atoms with E-state index >= 15 is 0 Å². The average molecular weight is 360 g/mol. The van der Waals surface area contributed by atoms with Crippen LogP contribution in [-0.4, -0.2) is 54.5 Å². The van der Waals surface area contributed by atoms with Crippen molar-refractivity contribution in [3.63, 3.8) is 0 Å². The molecule has 2 amide bonds. The summed E-state index contributed by atoms with van der Waals surface area (Å²) in [6.45, 7) is 3.82. The van der Waals surface area contributed by atoms with Crippen LogP contribution in [0.5, 0.6) is 0 Å². The predicted octanol–water partition coefficient (Wildman–Crippen LogP) is 3.07. The van der Waals surface area contributed by atoms with Crippen LogP contribution < -0.4 is 5.32 Å². The van der Waals surface area contributed by atoms with E-state index in [2.05, 4.69) is 29.6 Å². The summed E-state index contributed by atoms with van der Waals surface area (Å²) in [5, 5.41) is 12.6. The number of nitrogens with one attached hydrogen (secondary N) is 1. The first-order chi connectivity index (χ1) is 12.6. The second kappa shape index (κ2) is 9.38. The number of urea groups is 1. The van der Waals surface area contributed by atoms with Gasteiger partial charge >= 0.3 is 6.03 Å². The molecule has 1 aliphatic carbocycles. The maximum absolute atomic E-state index is 12.3. The van der Waals surface area contributed by atoms with Crippen molar-refractivity contribution in [3.8, 4) is 0 Å². The first-order valence-corrected chi connectivity index (χ1v) is 10.0. The summed E-state index contributed by atoms with van der Waals surface area (Å²) in [4.78, 5) is 14.0. The number of ether oxygens (including phenoxy) is 1. The van der Waals surface area contributed by atoms with E-state index in [4.69, 9.17) is 4.74 Å². The molecule has 2 aliphatic rings. The summed E-state index contributed by atoms with van der Waals surface area (Å²) in [6, 6.07) is 8.87. The van der Waals surface area contributed by atoms with Crippen molar-refractivity contribution in [1.29, 1.82) is 0 Å². The molecule has 2 atom stereocenters. The van der Waals surface area contributed by atoms with Crippen LogP contribution in [0.25, 0.3) is 0 Å². The highest BCUT2D eigenvalue weighted by molar-refractivity contribution is 5.74. The number of nitrogens with zero attached hydrogens (tertiary/aromatic N) is 1. The zero-order valence-corrected chi connectivity index (χ0v) is 15.8. The average Bonchev–Trinajstić information content (AvgIpc) is 2.69. The Morgan fingerprint density at radius 1 is 1.27 bits per heavy atom. The van der Waals surface area contributed by atoms with Gasteiger partial charge in [0.2, 0.25) is 0 Å². The summed E-state index contributed by atoms with van der Waals surface area (Å²) in [5.74, 6) is 0.737. The van der Waals surface area contributed by atoms with Crippen LogP contribution in [0.15, 0.2) is 24.3 Å². The van der Waals surface area contributed by atoms with Crippen LogP contribution >= 0.6 is 0 Å². The number of carbonyl (C=O) groups excluding carboxylic acids is 1. The number of benzene rings is 1. The van der Waals surface area contributed by atoms with Crippen LogP contribution in [0.4, 0.5) is 4.79 Å². The normalized spacial score (nSPS) is 22.8. The summed E-state index contributed by atoms with van der Waals surface area (Å²) in [5.41, 5.74) is 2.73. The van der Waals surface area contributed by atoms with E-state index in [0.717, 1.165) is 12.3 Å². The van der Waals surface area contributed by atoms with Gasteiger partial charge in [-0.15, -0.1) is 0 Å². The third kappa shape index (κ3) is 5.21. The third-order valence-electron chi connectivity index (χ3n) is 5.66. The lowest BCUT2D eigenvalue weighted by atomic mass is 9.84. The highest BCUT2D eigenvalue weighted by atomic mass is 16.5. The molecule has 2 fully saturated rings. The number of aliphatic hydroxyl groups is 1. The Bertz CT molecular complexity index is 567. The Labute approximate surface area is 156 Å². The van der Waals surface area contributed by atoms with E-state index in [0.29, 0.717) is 26.2 Å². The lowest BCUT2D eigenvalue weighted by Gasteiger charge is -2.34. The first-order valence-electron chi connectivity index (χ1n) is 10.0. The molecule has 1 aliphatic heterocycles. The molecule has 0 spiro atoms. The van der Waals surface area contributed by atoms with Gasteiger partial charge in [-0.3, -0.25) is 0 Å². The molecule has 0 radical (unpaired) electrons. The quantitative estimate of drug-likeness (QED) is 0.848. The van der Waals surface area contributed by atoms with Crippen LogP contribution in [-0.2, 0) is 11.2 Å². The number of morpholine rings is 1. The van der Waals surface area contributed by atoms with Gasteiger partial charge in [-0.05, 0) is 43.2 Å². The number of aliphatic hydroxyl groups excluding tert-OH is 1. The van der Waals surface area contributed by atoms with E-state index in [9.17, 15) is 9.90 Å². The first kappa shape index (κ1) is 19.2.